The Morgan fingerprint density at radius 1 is 1.46 bits per heavy atom. The maximum Gasteiger partial charge on any atom is 0.0385 e. The highest BCUT2D eigenvalue weighted by molar-refractivity contribution is 7.17. The predicted molar refractivity (Wildman–Crippen MR) is 63.0 cm³/mol. The van der Waals surface area contributed by atoms with Crippen LogP contribution in [0.5, 0.6) is 0 Å². The molecule has 2 heteroatoms. The Morgan fingerprint density at radius 2 is 2.15 bits per heavy atom. The van der Waals surface area contributed by atoms with E-state index in [2.05, 4.69) is 41.3 Å². The molecule has 0 radical (unpaired) electrons. The lowest BCUT2D eigenvalue weighted by Gasteiger charge is -2.12. The van der Waals surface area contributed by atoms with Crippen LogP contribution in [0.1, 0.15) is 37.1 Å². The molecule has 1 unspecified atom stereocenters. The normalized spacial score (nSPS) is 12.8. The molecule has 0 aliphatic rings. The molecule has 2 atom stereocenters. The molecule has 0 aliphatic heterocycles. The Kier molecular flexibility index (Phi) is 3.74. The Morgan fingerprint density at radius 3 is 2.69 bits per heavy atom. The lowest BCUT2D eigenvalue weighted by Crippen LogP contribution is -1.99. The van der Waals surface area contributed by atoms with Gasteiger partial charge in [0.1, 0.15) is 0 Å². The van der Waals surface area contributed by atoms with Gasteiger partial charge in [-0.3, -0.25) is 0 Å². The van der Waals surface area contributed by atoms with Crippen LogP contribution in [0, 0.1) is 0 Å². The third-order valence-electron chi connectivity index (χ3n) is 2.24. The first-order chi connectivity index (χ1) is 6.16. The van der Waals surface area contributed by atoms with Crippen LogP contribution in [-0.4, -0.2) is 0 Å². The van der Waals surface area contributed by atoms with Crippen molar-refractivity contribution in [1.29, 1.82) is 0 Å². The van der Waals surface area contributed by atoms with Crippen LogP contribution in [0.15, 0.2) is 18.2 Å². The molecule has 0 aromatic heterocycles. The minimum Gasteiger partial charge on any atom is -0.398 e. The van der Waals surface area contributed by atoms with E-state index in [-0.39, 0.29) is 0 Å². The zero-order valence-electron chi connectivity index (χ0n) is 8.38. The maximum atomic E-state index is 6.06. The summed E-state index contributed by atoms with van der Waals surface area (Å²) in [5, 5.41) is 0. The van der Waals surface area contributed by atoms with E-state index >= 15 is 0 Å². The molecule has 1 nitrogen and oxygen atoms in total. The smallest absolute Gasteiger partial charge is 0.0385 e. The van der Waals surface area contributed by atoms with Crippen LogP contribution in [0.3, 0.4) is 0 Å². The highest BCUT2D eigenvalue weighted by atomic mass is 31.0. The van der Waals surface area contributed by atoms with E-state index in [0.29, 0.717) is 5.66 Å². The van der Waals surface area contributed by atoms with Crippen molar-refractivity contribution in [1.82, 2.24) is 0 Å². The van der Waals surface area contributed by atoms with Gasteiger partial charge < -0.3 is 5.73 Å². The van der Waals surface area contributed by atoms with Crippen LogP contribution in [0.25, 0.3) is 0 Å². The van der Waals surface area contributed by atoms with Crippen LogP contribution in [0.4, 0.5) is 5.69 Å². The molecule has 13 heavy (non-hydrogen) atoms. The summed E-state index contributed by atoms with van der Waals surface area (Å²) >= 11 is 0. The van der Waals surface area contributed by atoms with Gasteiger partial charge in [-0.1, -0.05) is 38.5 Å². The Bertz CT molecular complexity index is 281. The van der Waals surface area contributed by atoms with Gasteiger partial charge in [0.25, 0.3) is 0 Å². The van der Waals surface area contributed by atoms with Crippen molar-refractivity contribution in [3.05, 3.63) is 29.3 Å². The quantitative estimate of drug-likeness (QED) is 0.582. The third-order valence-corrected chi connectivity index (χ3v) is 2.60. The van der Waals surface area contributed by atoms with Crippen molar-refractivity contribution in [3.63, 3.8) is 0 Å². The molecule has 0 fully saturated rings. The van der Waals surface area contributed by atoms with E-state index in [9.17, 15) is 0 Å². The van der Waals surface area contributed by atoms with Crippen molar-refractivity contribution < 1.29 is 0 Å². The summed E-state index contributed by atoms with van der Waals surface area (Å²) < 4.78 is 0. The number of hydrogen-bond donors (Lipinski definition) is 1. The SMILES string of the molecule is CCCc1cccc([C@@H](C)P)c1N. The van der Waals surface area contributed by atoms with Gasteiger partial charge in [-0.05, 0) is 23.2 Å². The largest absolute Gasteiger partial charge is 0.398 e. The highest BCUT2D eigenvalue weighted by Gasteiger charge is 2.06. The Labute approximate surface area is 82.9 Å². The lowest BCUT2D eigenvalue weighted by molar-refractivity contribution is 0.919. The molecule has 1 rings (SSSR count). The summed E-state index contributed by atoms with van der Waals surface area (Å²) in [6.07, 6.45) is 2.23. The second-order valence-corrected chi connectivity index (χ2v) is 4.46. The number of rotatable bonds is 3. The molecule has 0 aliphatic carbocycles. The summed E-state index contributed by atoms with van der Waals surface area (Å²) in [6, 6.07) is 6.32. The molecule has 1 aromatic carbocycles. The van der Waals surface area contributed by atoms with Crippen molar-refractivity contribution in [2.45, 2.75) is 32.3 Å². The Balaban J connectivity index is 3.03. The van der Waals surface area contributed by atoms with E-state index in [0.717, 1.165) is 18.5 Å². The van der Waals surface area contributed by atoms with Crippen LogP contribution in [-0.2, 0) is 6.42 Å². The highest BCUT2D eigenvalue weighted by Crippen LogP contribution is 2.29. The van der Waals surface area contributed by atoms with Crippen molar-refractivity contribution in [2.24, 2.45) is 0 Å². The van der Waals surface area contributed by atoms with E-state index in [1.807, 2.05) is 0 Å². The van der Waals surface area contributed by atoms with E-state index < -0.39 is 0 Å². The molecule has 72 valence electrons. The van der Waals surface area contributed by atoms with Gasteiger partial charge in [0, 0.05) is 5.69 Å². The third kappa shape index (κ3) is 2.45. The first-order valence-corrected chi connectivity index (χ1v) is 5.46. The Hall–Kier alpha value is -0.550. The van der Waals surface area contributed by atoms with Crippen molar-refractivity contribution >= 4 is 14.9 Å². The molecule has 2 N–H and O–H groups in total. The molecule has 0 bridgehead atoms. The van der Waals surface area contributed by atoms with Gasteiger partial charge in [0.15, 0.2) is 0 Å². The van der Waals surface area contributed by atoms with Gasteiger partial charge in [-0.15, -0.1) is 9.24 Å². The number of para-hydroxylation sites is 1. The maximum absolute atomic E-state index is 6.06. The zero-order valence-corrected chi connectivity index (χ0v) is 9.53. The first-order valence-electron chi connectivity index (χ1n) is 4.79. The number of nitrogen functional groups attached to an aromatic ring is 1. The molecule has 0 saturated carbocycles. The minimum atomic E-state index is 0.441. The first kappa shape index (κ1) is 10.5. The lowest BCUT2D eigenvalue weighted by atomic mass is 10.0. The molecule has 0 spiro atoms. The van der Waals surface area contributed by atoms with Crippen LogP contribution >= 0.6 is 9.24 Å². The number of aryl methyl sites for hydroxylation is 1. The van der Waals surface area contributed by atoms with E-state index in [1.54, 1.807) is 0 Å². The molecular formula is C11H18NP. The summed E-state index contributed by atoms with van der Waals surface area (Å²) in [6.45, 7) is 4.32. The topological polar surface area (TPSA) is 26.0 Å². The molecule has 0 heterocycles. The summed E-state index contributed by atoms with van der Waals surface area (Å²) in [4.78, 5) is 0. The zero-order chi connectivity index (χ0) is 9.84. The van der Waals surface area contributed by atoms with Gasteiger partial charge in [0.05, 0.1) is 0 Å². The van der Waals surface area contributed by atoms with E-state index in [1.165, 1.54) is 11.1 Å². The summed E-state index contributed by atoms with van der Waals surface area (Å²) in [5.74, 6) is 0. The number of benzene rings is 1. The molecule has 0 amide bonds. The average molecular weight is 195 g/mol. The fraction of sp³-hybridized carbons (Fsp3) is 0.455. The number of nitrogens with two attached hydrogens (primary N) is 1. The van der Waals surface area contributed by atoms with Crippen LogP contribution in [0.2, 0.25) is 0 Å². The summed E-state index contributed by atoms with van der Waals surface area (Å²) in [7, 11) is 2.78. The number of anilines is 1. The fourth-order valence-corrected chi connectivity index (χ4v) is 1.81. The van der Waals surface area contributed by atoms with Gasteiger partial charge >= 0.3 is 0 Å². The number of hydrogen-bond acceptors (Lipinski definition) is 1. The van der Waals surface area contributed by atoms with Gasteiger partial charge in [0.2, 0.25) is 0 Å². The van der Waals surface area contributed by atoms with E-state index in [4.69, 9.17) is 5.73 Å². The van der Waals surface area contributed by atoms with Gasteiger partial charge in [-0.2, -0.15) is 0 Å². The fourth-order valence-electron chi connectivity index (χ4n) is 1.52. The second-order valence-electron chi connectivity index (χ2n) is 3.46. The van der Waals surface area contributed by atoms with Crippen molar-refractivity contribution in [2.75, 3.05) is 5.73 Å². The minimum absolute atomic E-state index is 0.441. The summed E-state index contributed by atoms with van der Waals surface area (Å²) in [5.41, 5.74) is 10.0. The molecule has 0 saturated heterocycles. The molecular weight excluding hydrogens is 177 g/mol. The van der Waals surface area contributed by atoms with Crippen molar-refractivity contribution in [3.8, 4) is 0 Å². The van der Waals surface area contributed by atoms with Crippen LogP contribution < -0.4 is 5.73 Å². The second kappa shape index (κ2) is 4.62. The monoisotopic (exact) mass is 195 g/mol. The predicted octanol–water partition coefficient (Wildman–Crippen LogP) is 3.16. The molecule has 1 aromatic rings. The van der Waals surface area contributed by atoms with Gasteiger partial charge in [-0.25, -0.2) is 0 Å². The standard InChI is InChI=1S/C11H18NP/c1-3-5-9-6-4-7-10(8(2)13)11(9)12/h4,6-8H,3,5,12-13H2,1-2H3/t8-/m1/s1. The average Bonchev–Trinajstić information content (AvgIpc) is 2.08.